The molecule has 1 spiro atoms. The van der Waals surface area contributed by atoms with Crippen LogP contribution >= 0.6 is 0 Å². The Bertz CT molecular complexity index is 1190. The van der Waals surface area contributed by atoms with Crippen LogP contribution in [0.2, 0.25) is 0 Å². The van der Waals surface area contributed by atoms with Gasteiger partial charge in [0.1, 0.15) is 0 Å². The third kappa shape index (κ3) is 1.48. The first-order valence-corrected chi connectivity index (χ1v) is 8.80. The number of hydrogen-bond donors (Lipinski definition) is 0. The quantitative estimate of drug-likeness (QED) is 0.586. The lowest BCUT2D eigenvalue weighted by molar-refractivity contribution is 0.859. The van der Waals surface area contributed by atoms with Gasteiger partial charge >= 0.3 is 0 Å². The van der Waals surface area contributed by atoms with Crippen molar-refractivity contribution in [2.45, 2.75) is 5.41 Å². The third-order valence-electron chi connectivity index (χ3n) is 5.84. The zero-order valence-corrected chi connectivity index (χ0v) is 13.7. The third-order valence-corrected chi connectivity index (χ3v) is 5.84. The fraction of sp³-hybridized carbons (Fsp3) is 0.0400. The van der Waals surface area contributed by atoms with E-state index in [2.05, 4.69) is 97.1 Å². The Morgan fingerprint density at radius 3 is 2.04 bits per heavy atom. The summed E-state index contributed by atoms with van der Waals surface area (Å²) in [5, 5.41) is 2.69. The predicted octanol–water partition coefficient (Wildman–Crippen LogP) is 4.09. The lowest BCUT2D eigenvalue weighted by atomic mass is 9.68. The van der Waals surface area contributed by atoms with Crippen molar-refractivity contribution in [3.63, 3.8) is 0 Å². The molecule has 3 aromatic carbocycles. The Balaban J connectivity index is 1.85. The summed E-state index contributed by atoms with van der Waals surface area (Å²) in [6.07, 6.45) is 9.22. The molecule has 3 aliphatic carbocycles. The maximum atomic E-state index is 2.40. The van der Waals surface area contributed by atoms with E-state index in [1.807, 2.05) is 0 Å². The van der Waals surface area contributed by atoms with Crippen LogP contribution in [0.1, 0.15) is 11.1 Å². The average Bonchev–Trinajstić information content (AvgIpc) is 3.18. The van der Waals surface area contributed by atoms with Crippen molar-refractivity contribution < 1.29 is 0 Å². The molecule has 0 saturated heterocycles. The van der Waals surface area contributed by atoms with E-state index in [0.717, 1.165) is 0 Å². The summed E-state index contributed by atoms with van der Waals surface area (Å²) in [6.45, 7) is 0. The lowest BCUT2D eigenvalue weighted by Crippen LogP contribution is -2.33. The smallest absolute Gasteiger partial charge is 0.0651 e. The van der Waals surface area contributed by atoms with Gasteiger partial charge < -0.3 is 0 Å². The van der Waals surface area contributed by atoms with Gasteiger partial charge in [0.15, 0.2) is 0 Å². The number of hydrogen-bond acceptors (Lipinski definition) is 0. The Labute approximate surface area is 146 Å². The van der Waals surface area contributed by atoms with Gasteiger partial charge in [0.2, 0.25) is 0 Å². The van der Waals surface area contributed by atoms with Crippen molar-refractivity contribution in [2.24, 2.45) is 0 Å². The Morgan fingerprint density at radius 1 is 0.640 bits per heavy atom. The fourth-order valence-corrected chi connectivity index (χ4v) is 4.91. The van der Waals surface area contributed by atoms with Gasteiger partial charge in [0.05, 0.1) is 5.41 Å². The Hall–Kier alpha value is -3.12. The van der Waals surface area contributed by atoms with E-state index in [-0.39, 0.29) is 5.41 Å². The number of rotatable bonds is 0. The van der Waals surface area contributed by atoms with Crippen LogP contribution in [0.5, 0.6) is 0 Å². The molecule has 0 radical (unpaired) electrons. The molecule has 6 rings (SSSR count). The molecule has 0 fully saturated rings. The number of fused-ring (bicyclic) bond motifs is 8. The molecule has 116 valence electrons. The lowest BCUT2D eigenvalue weighted by Gasteiger charge is -2.34. The van der Waals surface area contributed by atoms with Gasteiger partial charge in [0.25, 0.3) is 0 Å². The van der Waals surface area contributed by atoms with Gasteiger partial charge in [-0.15, -0.1) is 0 Å². The number of allylic oxidation sites excluding steroid dienone is 4. The molecule has 0 heteroatoms. The normalized spacial score (nSPS) is 17.4. The maximum Gasteiger partial charge on any atom is 0.0659 e. The molecule has 0 heterocycles. The molecule has 3 aliphatic rings. The van der Waals surface area contributed by atoms with Crippen molar-refractivity contribution in [2.75, 3.05) is 0 Å². The fourth-order valence-electron chi connectivity index (χ4n) is 4.91. The van der Waals surface area contributed by atoms with E-state index in [1.165, 1.54) is 43.8 Å². The van der Waals surface area contributed by atoms with Crippen LogP contribution in [0.4, 0.5) is 0 Å². The van der Waals surface area contributed by atoms with E-state index in [0.29, 0.717) is 0 Å². The summed E-state index contributed by atoms with van der Waals surface area (Å²) in [5.74, 6) is 0. The van der Waals surface area contributed by atoms with Crippen molar-refractivity contribution in [1.82, 2.24) is 0 Å². The molecule has 0 atom stereocenters. The second kappa shape index (κ2) is 4.49. The monoisotopic (exact) mass is 316 g/mol. The molecule has 0 aromatic heterocycles. The van der Waals surface area contributed by atoms with E-state index < -0.39 is 0 Å². The molecule has 25 heavy (non-hydrogen) atoms. The predicted molar refractivity (Wildman–Crippen MR) is 103 cm³/mol. The van der Waals surface area contributed by atoms with Crippen molar-refractivity contribution in [3.05, 3.63) is 118 Å². The topological polar surface area (TPSA) is 0 Å². The van der Waals surface area contributed by atoms with E-state index in [4.69, 9.17) is 0 Å². The van der Waals surface area contributed by atoms with Gasteiger partial charge in [-0.05, 0) is 49.9 Å². The highest BCUT2D eigenvalue weighted by Gasteiger charge is 2.46. The number of benzene rings is 3. The maximum absolute atomic E-state index is 2.40. The minimum absolute atomic E-state index is 0.180. The average molecular weight is 316 g/mol. The first kappa shape index (κ1) is 13.2. The van der Waals surface area contributed by atoms with Gasteiger partial charge in [-0.2, -0.15) is 0 Å². The SMILES string of the molecule is C1=CC2(C3=c4ccccc4=CC3=C1)c1ccccc1-c1ccccc12. The van der Waals surface area contributed by atoms with Crippen LogP contribution in [0.15, 0.2) is 96.6 Å². The first-order chi connectivity index (χ1) is 12.4. The highest BCUT2D eigenvalue weighted by atomic mass is 14.5. The minimum Gasteiger partial charge on any atom is -0.0651 e. The molecule has 0 aliphatic heterocycles. The van der Waals surface area contributed by atoms with E-state index in [9.17, 15) is 0 Å². The van der Waals surface area contributed by atoms with Crippen LogP contribution in [0.25, 0.3) is 22.8 Å². The molecular formula is C25H16. The van der Waals surface area contributed by atoms with E-state index in [1.54, 1.807) is 0 Å². The Kier molecular flexibility index (Phi) is 2.37. The van der Waals surface area contributed by atoms with Gasteiger partial charge in [-0.1, -0.05) is 91.0 Å². The Morgan fingerprint density at radius 2 is 1.28 bits per heavy atom. The zero-order chi connectivity index (χ0) is 16.4. The molecule has 0 N–H and O–H groups in total. The molecule has 0 nitrogen and oxygen atoms in total. The highest BCUT2D eigenvalue weighted by Crippen LogP contribution is 2.56. The largest absolute Gasteiger partial charge is 0.0659 e. The minimum atomic E-state index is -0.180. The van der Waals surface area contributed by atoms with Crippen LogP contribution < -0.4 is 10.4 Å². The van der Waals surface area contributed by atoms with Crippen molar-refractivity contribution in [1.29, 1.82) is 0 Å². The standard InChI is InChI=1S/C25H16/c1-2-10-19-17(8-1)16-18-9-7-15-25(24(18)19)22-13-5-3-11-20(22)21-12-4-6-14-23(21)25/h1-16H. The van der Waals surface area contributed by atoms with Gasteiger partial charge in [0, 0.05) is 0 Å². The van der Waals surface area contributed by atoms with Crippen LogP contribution in [-0.4, -0.2) is 0 Å². The van der Waals surface area contributed by atoms with Crippen LogP contribution in [-0.2, 0) is 5.41 Å². The molecule has 0 unspecified atom stereocenters. The van der Waals surface area contributed by atoms with Crippen molar-refractivity contribution in [3.8, 4) is 11.1 Å². The second-order valence-electron chi connectivity index (χ2n) is 6.99. The summed E-state index contributed by atoms with van der Waals surface area (Å²) in [6, 6.07) is 26.6. The molecule has 0 amide bonds. The summed E-state index contributed by atoms with van der Waals surface area (Å²) < 4.78 is 0. The summed E-state index contributed by atoms with van der Waals surface area (Å²) in [5.41, 5.74) is 8.12. The van der Waals surface area contributed by atoms with Crippen LogP contribution in [0.3, 0.4) is 0 Å². The van der Waals surface area contributed by atoms with E-state index >= 15 is 0 Å². The van der Waals surface area contributed by atoms with Gasteiger partial charge in [-0.3, -0.25) is 0 Å². The van der Waals surface area contributed by atoms with Crippen molar-refractivity contribution >= 4 is 11.6 Å². The summed E-state index contributed by atoms with van der Waals surface area (Å²) in [4.78, 5) is 0. The zero-order valence-electron chi connectivity index (χ0n) is 13.7. The summed E-state index contributed by atoms with van der Waals surface area (Å²) in [7, 11) is 0. The first-order valence-electron chi connectivity index (χ1n) is 8.80. The molecule has 3 aromatic rings. The van der Waals surface area contributed by atoms with Gasteiger partial charge in [-0.25, -0.2) is 0 Å². The summed E-state index contributed by atoms with van der Waals surface area (Å²) >= 11 is 0. The molecule has 0 bridgehead atoms. The second-order valence-corrected chi connectivity index (χ2v) is 6.99. The van der Waals surface area contributed by atoms with Crippen LogP contribution in [0, 0.1) is 0 Å². The molecular weight excluding hydrogens is 300 g/mol. The highest BCUT2D eigenvalue weighted by molar-refractivity contribution is 5.99. The molecule has 0 saturated carbocycles.